The molecule has 0 radical (unpaired) electrons. The molecule has 0 bridgehead atoms. The standard InChI is InChI=1S/C14H26O4/c1-13(2,3)9-14(4,5)10(8-12(17)18)6-7-11(15)16/h10H,6-9H2,1-5H3,(H,15,16)(H,17,18). The molecule has 0 spiro atoms. The molecule has 0 amide bonds. The highest BCUT2D eigenvalue weighted by Gasteiger charge is 2.34. The molecule has 0 heterocycles. The number of rotatable bonds is 7. The molecule has 0 aliphatic heterocycles. The van der Waals surface area contributed by atoms with Crippen molar-refractivity contribution >= 4 is 11.9 Å². The fourth-order valence-electron chi connectivity index (χ4n) is 2.79. The predicted octanol–water partition coefficient (Wildman–Crippen LogP) is 3.40. The SMILES string of the molecule is CC(C)(C)CC(C)(C)C(CCC(=O)O)CC(=O)O. The first kappa shape index (κ1) is 16.9. The van der Waals surface area contributed by atoms with E-state index in [1.165, 1.54) is 0 Å². The largest absolute Gasteiger partial charge is 0.481 e. The van der Waals surface area contributed by atoms with Crippen molar-refractivity contribution in [2.75, 3.05) is 0 Å². The van der Waals surface area contributed by atoms with Gasteiger partial charge in [0.05, 0.1) is 0 Å². The Labute approximate surface area is 109 Å². The smallest absolute Gasteiger partial charge is 0.303 e. The zero-order valence-corrected chi connectivity index (χ0v) is 12.1. The number of carboxylic acid groups (broad SMARTS) is 2. The molecule has 0 aromatic rings. The lowest BCUT2D eigenvalue weighted by molar-refractivity contribution is -0.141. The molecule has 0 rings (SSSR count). The van der Waals surface area contributed by atoms with Crippen LogP contribution in [-0.4, -0.2) is 22.2 Å². The quantitative estimate of drug-likeness (QED) is 0.734. The first-order valence-corrected chi connectivity index (χ1v) is 6.37. The summed E-state index contributed by atoms with van der Waals surface area (Å²) in [4.78, 5) is 21.6. The van der Waals surface area contributed by atoms with Gasteiger partial charge in [0.1, 0.15) is 0 Å². The van der Waals surface area contributed by atoms with Gasteiger partial charge in [-0.05, 0) is 29.6 Å². The first-order chi connectivity index (χ1) is 7.94. The number of hydrogen-bond acceptors (Lipinski definition) is 2. The van der Waals surface area contributed by atoms with Gasteiger partial charge >= 0.3 is 11.9 Å². The normalized spacial score (nSPS) is 14.3. The fraction of sp³-hybridized carbons (Fsp3) is 0.857. The van der Waals surface area contributed by atoms with E-state index in [0.29, 0.717) is 6.42 Å². The average molecular weight is 258 g/mol. The monoisotopic (exact) mass is 258 g/mol. The van der Waals surface area contributed by atoms with E-state index in [1.807, 2.05) is 13.8 Å². The molecular formula is C14H26O4. The highest BCUT2D eigenvalue weighted by atomic mass is 16.4. The van der Waals surface area contributed by atoms with Crippen molar-refractivity contribution in [3.8, 4) is 0 Å². The highest BCUT2D eigenvalue weighted by Crippen LogP contribution is 2.42. The van der Waals surface area contributed by atoms with Gasteiger partial charge < -0.3 is 10.2 Å². The third kappa shape index (κ3) is 7.30. The second-order valence-corrected chi connectivity index (χ2v) is 6.95. The van der Waals surface area contributed by atoms with E-state index in [9.17, 15) is 9.59 Å². The minimum atomic E-state index is -0.864. The van der Waals surface area contributed by atoms with Crippen LogP contribution in [0.15, 0.2) is 0 Å². The molecule has 0 aliphatic carbocycles. The summed E-state index contributed by atoms with van der Waals surface area (Å²) in [6.45, 7) is 10.4. The molecular weight excluding hydrogens is 232 g/mol. The van der Waals surface area contributed by atoms with Gasteiger partial charge in [-0.3, -0.25) is 9.59 Å². The van der Waals surface area contributed by atoms with Crippen LogP contribution < -0.4 is 0 Å². The summed E-state index contributed by atoms with van der Waals surface area (Å²) in [5.74, 6) is -1.82. The fourth-order valence-corrected chi connectivity index (χ4v) is 2.79. The van der Waals surface area contributed by atoms with E-state index < -0.39 is 11.9 Å². The maximum Gasteiger partial charge on any atom is 0.303 e. The average Bonchev–Trinajstić information content (AvgIpc) is 2.06. The predicted molar refractivity (Wildman–Crippen MR) is 70.5 cm³/mol. The van der Waals surface area contributed by atoms with Crippen LogP contribution in [0.3, 0.4) is 0 Å². The third-order valence-electron chi connectivity index (χ3n) is 3.22. The number of carboxylic acids is 2. The van der Waals surface area contributed by atoms with E-state index >= 15 is 0 Å². The van der Waals surface area contributed by atoms with Crippen LogP contribution in [0.4, 0.5) is 0 Å². The van der Waals surface area contributed by atoms with Crippen molar-refractivity contribution in [1.29, 1.82) is 0 Å². The Hall–Kier alpha value is -1.06. The minimum absolute atomic E-state index is 0.0333. The van der Waals surface area contributed by atoms with Crippen LogP contribution >= 0.6 is 0 Å². The molecule has 2 N–H and O–H groups in total. The minimum Gasteiger partial charge on any atom is -0.481 e. The summed E-state index contributed by atoms with van der Waals surface area (Å²) in [7, 11) is 0. The second-order valence-electron chi connectivity index (χ2n) is 6.95. The van der Waals surface area contributed by atoms with Gasteiger partial charge in [0.25, 0.3) is 0 Å². The van der Waals surface area contributed by atoms with E-state index in [0.717, 1.165) is 6.42 Å². The Bertz CT molecular complexity index is 299. The van der Waals surface area contributed by atoms with Gasteiger partial charge in [0.15, 0.2) is 0 Å². The molecule has 4 nitrogen and oxygen atoms in total. The molecule has 18 heavy (non-hydrogen) atoms. The summed E-state index contributed by atoms with van der Waals surface area (Å²) in [5.41, 5.74) is -0.0738. The first-order valence-electron chi connectivity index (χ1n) is 6.37. The number of aliphatic carboxylic acids is 2. The molecule has 106 valence electrons. The molecule has 0 saturated carbocycles. The molecule has 0 aromatic heterocycles. The Morgan fingerprint density at radius 3 is 1.83 bits per heavy atom. The van der Waals surface area contributed by atoms with Crippen molar-refractivity contribution in [3.63, 3.8) is 0 Å². The maximum atomic E-state index is 10.9. The van der Waals surface area contributed by atoms with Crippen molar-refractivity contribution in [3.05, 3.63) is 0 Å². The van der Waals surface area contributed by atoms with Gasteiger partial charge in [0.2, 0.25) is 0 Å². The Balaban J connectivity index is 4.80. The van der Waals surface area contributed by atoms with Gasteiger partial charge in [-0.15, -0.1) is 0 Å². The van der Waals surface area contributed by atoms with E-state index in [4.69, 9.17) is 10.2 Å². The summed E-state index contributed by atoms with van der Waals surface area (Å²) in [6, 6.07) is 0. The van der Waals surface area contributed by atoms with Crippen molar-refractivity contribution in [2.45, 2.75) is 60.3 Å². The molecule has 4 heteroatoms. The molecule has 1 atom stereocenters. The summed E-state index contributed by atoms with van der Waals surface area (Å²) in [5, 5.41) is 17.7. The van der Waals surface area contributed by atoms with Crippen LogP contribution in [0.1, 0.15) is 60.3 Å². The van der Waals surface area contributed by atoms with Crippen molar-refractivity contribution in [1.82, 2.24) is 0 Å². The lowest BCUT2D eigenvalue weighted by Crippen LogP contribution is -2.31. The van der Waals surface area contributed by atoms with Crippen LogP contribution in [0.25, 0.3) is 0 Å². The number of hydrogen-bond donors (Lipinski definition) is 2. The van der Waals surface area contributed by atoms with Gasteiger partial charge in [0, 0.05) is 12.8 Å². The topological polar surface area (TPSA) is 74.6 Å². The van der Waals surface area contributed by atoms with E-state index in [2.05, 4.69) is 20.8 Å². The van der Waals surface area contributed by atoms with Crippen LogP contribution in [-0.2, 0) is 9.59 Å². The molecule has 0 saturated heterocycles. The zero-order valence-electron chi connectivity index (χ0n) is 12.1. The number of carbonyl (C=O) groups is 2. The Morgan fingerprint density at radius 1 is 1.00 bits per heavy atom. The van der Waals surface area contributed by atoms with Gasteiger partial charge in [-0.2, -0.15) is 0 Å². The molecule has 0 aromatic carbocycles. The lowest BCUT2D eigenvalue weighted by Gasteiger charge is -2.38. The second kappa shape index (κ2) is 6.21. The van der Waals surface area contributed by atoms with Crippen molar-refractivity contribution < 1.29 is 19.8 Å². The van der Waals surface area contributed by atoms with Crippen LogP contribution in [0.5, 0.6) is 0 Å². The highest BCUT2D eigenvalue weighted by molar-refractivity contribution is 5.68. The molecule has 1 unspecified atom stereocenters. The third-order valence-corrected chi connectivity index (χ3v) is 3.22. The van der Waals surface area contributed by atoms with E-state index in [1.54, 1.807) is 0 Å². The van der Waals surface area contributed by atoms with Gasteiger partial charge in [-0.25, -0.2) is 0 Å². The summed E-state index contributed by atoms with van der Waals surface area (Å²) < 4.78 is 0. The molecule has 0 aliphatic rings. The van der Waals surface area contributed by atoms with Crippen molar-refractivity contribution in [2.24, 2.45) is 16.7 Å². The Kier molecular flexibility index (Phi) is 5.84. The Morgan fingerprint density at radius 2 is 1.50 bits per heavy atom. The summed E-state index contributed by atoms with van der Waals surface area (Å²) in [6.07, 6.45) is 1.37. The zero-order chi connectivity index (χ0) is 14.6. The lowest BCUT2D eigenvalue weighted by atomic mass is 9.66. The maximum absolute atomic E-state index is 10.9. The summed E-state index contributed by atoms with van der Waals surface area (Å²) >= 11 is 0. The van der Waals surface area contributed by atoms with Gasteiger partial charge in [-0.1, -0.05) is 34.6 Å². The van der Waals surface area contributed by atoms with Crippen LogP contribution in [0.2, 0.25) is 0 Å². The van der Waals surface area contributed by atoms with E-state index in [-0.39, 0.29) is 29.6 Å². The molecule has 0 fully saturated rings. The van der Waals surface area contributed by atoms with Crippen LogP contribution in [0, 0.1) is 16.7 Å².